The van der Waals surface area contributed by atoms with Gasteiger partial charge in [-0.25, -0.2) is 0 Å². The highest BCUT2D eigenvalue weighted by molar-refractivity contribution is 5.95. The molecule has 0 atom stereocenters. The van der Waals surface area contributed by atoms with Gasteiger partial charge in [-0.3, -0.25) is 9.59 Å². The quantitative estimate of drug-likeness (QED) is 0.499. The third kappa shape index (κ3) is 5.27. The Kier molecular flexibility index (Phi) is 6.52. The van der Waals surface area contributed by atoms with Crippen LogP contribution in [0.25, 0.3) is 0 Å². The van der Waals surface area contributed by atoms with E-state index in [2.05, 4.69) is 10.6 Å². The zero-order valence-corrected chi connectivity index (χ0v) is 11.9. The number of hydrogen-bond acceptors (Lipinski definition) is 4. The van der Waals surface area contributed by atoms with E-state index in [-0.39, 0.29) is 24.8 Å². The summed E-state index contributed by atoms with van der Waals surface area (Å²) >= 11 is 0. The molecule has 0 fully saturated rings. The van der Waals surface area contributed by atoms with E-state index in [1.54, 1.807) is 25.3 Å². The Hall–Kier alpha value is -2.08. The number of methoxy groups -OCH3 is 1. The maximum atomic E-state index is 11.8. The lowest BCUT2D eigenvalue weighted by Gasteiger charge is -2.07. The maximum absolute atomic E-state index is 11.8. The van der Waals surface area contributed by atoms with Crippen molar-refractivity contribution in [1.82, 2.24) is 10.6 Å². The molecule has 6 nitrogen and oxygen atoms in total. The zero-order valence-electron chi connectivity index (χ0n) is 11.9. The van der Waals surface area contributed by atoms with E-state index in [1.807, 2.05) is 6.92 Å². The number of carbonyl (C=O) groups is 2. The van der Waals surface area contributed by atoms with E-state index in [0.29, 0.717) is 24.4 Å². The van der Waals surface area contributed by atoms with Crippen molar-refractivity contribution in [3.63, 3.8) is 0 Å². The fourth-order valence-corrected chi connectivity index (χ4v) is 1.55. The third-order valence-electron chi connectivity index (χ3n) is 2.81. The Balaban J connectivity index is 2.32. The van der Waals surface area contributed by atoms with Crippen molar-refractivity contribution in [3.8, 4) is 0 Å². The molecule has 0 aromatic heterocycles. The molecule has 0 aliphatic carbocycles. The molecular formula is C14H21N3O3. The van der Waals surface area contributed by atoms with Crippen LogP contribution in [0.5, 0.6) is 0 Å². The first-order chi connectivity index (χ1) is 9.54. The summed E-state index contributed by atoms with van der Waals surface area (Å²) in [5.41, 5.74) is 7.75. The molecular weight excluding hydrogens is 258 g/mol. The maximum Gasteiger partial charge on any atom is 0.251 e. The SMILES string of the molecule is COCCNC(=O)CCNC(=O)c1ccc(C)c(N)c1. The molecule has 0 heterocycles. The predicted molar refractivity (Wildman–Crippen MR) is 77.4 cm³/mol. The van der Waals surface area contributed by atoms with Gasteiger partial charge in [-0.15, -0.1) is 0 Å². The van der Waals surface area contributed by atoms with Gasteiger partial charge >= 0.3 is 0 Å². The van der Waals surface area contributed by atoms with Crippen LogP contribution in [0.4, 0.5) is 5.69 Å². The molecule has 1 aromatic carbocycles. The minimum Gasteiger partial charge on any atom is -0.398 e. The van der Waals surface area contributed by atoms with Gasteiger partial charge in [0.25, 0.3) is 5.91 Å². The van der Waals surface area contributed by atoms with E-state index in [4.69, 9.17) is 10.5 Å². The van der Waals surface area contributed by atoms with Crippen molar-refractivity contribution in [2.75, 3.05) is 32.5 Å². The van der Waals surface area contributed by atoms with Gasteiger partial charge in [0, 0.05) is 37.9 Å². The van der Waals surface area contributed by atoms with E-state index in [9.17, 15) is 9.59 Å². The molecule has 0 spiro atoms. The van der Waals surface area contributed by atoms with Gasteiger partial charge < -0.3 is 21.1 Å². The number of nitrogen functional groups attached to an aromatic ring is 1. The number of rotatable bonds is 7. The van der Waals surface area contributed by atoms with Crippen molar-refractivity contribution < 1.29 is 14.3 Å². The van der Waals surface area contributed by atoms with Crippen LogP contribution in [0.15, 0.2) is 18.2 Å². The summed E-state index contributed by atoms with van der Waals surface area (Å²) in [6.45, 7) is 3.10. The minimum absolute atomic E-state index is 0.120. The number of hydrogen-bond donors (Lipinski definition) is 3. The second kappa shape index (κ2) is 8.16. The van der Waals surface area contributed by atoms with Gasteiger partial charge in [0.2, 0.25) is 5.91 Å². The Labute approximate surface area is 118 Å². The van der Waals surface area contributed by atoms with Gasteiger partial charge in [-0.05, 0) is 24.6 Å². The molecule has 0 aliphatic rings. The molecule has 4 N–H and O–H groups in total. The topological polar surface area (TPSA) is 93.5 Å². The number of amides is 2. The summed E-state index contributed by atoms with van der Waals surface area (Å²) in [7, 11) is 1.57. The van der Waals surface area contributed by atoms with Crippen molar-refractivity contribution in [2.45, 2.75) is 13.3 Å². The van der Waals surface area contributed by atoms with E-state index < -0.39 is 0 Å². The van der Waals surface area contributed by atoms with E-state index >= 15 is 0 Å². The van der Waals surface area contributed by atoms with Crippen molar-refractivity contribution in [2.24, 2.45) is 0 Å². The molecule has 0 saturated carbocycles. The highest BCUT2D eigenvalue weighted by atomic mass is 16.5. The number of benzene rings is 1. The average molecular weight is 279 g/mol. The molecule has 0 aliphatic heterocycles. The number of nitrogens with one attached hydrogen (secondary N) is 2. The number of ether oxygens (including phenoxy) is 1. The molecule has 0 saturated heterocycles. The van der Waals surface area contributed by atoms with Crippen LogP contribution in [0.3, 0.4) is 0 Å². The lowest BCUT2D eigenvalue weighted by atomic mass is 10.1. The first kappa shape index (κ1) is 16.0. The van der Waals surface area contributed by atoms with Crippen LogP contribution in [0.2, 0.25) is 0 Å². The highest BCUT2D eigenvalue weighted by Gasteiger charge is 2.07. The summed E-state index contributed by atoms with van der Waals surface area (Å²) in [6, 6.07) is 5.13. The summed E-state index contributed by atoms with van der Waals surface area (Å²) in [6.07, 6.45) is 0.233. The van der Waals surface area contributed by atoms with Gasteiger partial charge in [0.05, 0.1) is 6.61 Å². The zero-order chi connectivity index (χ0) is 15.0. The number of anilines is 1. The number of nitrogens with two attached hydrogens (primary N) is 1. The van der Waals surface area contributed by atoms with Gasteiger partial charge in [0.1, 0.15) is 0 Å². The molecule has 0 bridgehead atoms. The summed E-state index contributed by atoms with van der Waals surface area (Å²) in [4.78, 5) is 23.2. The third-order valence-corrected chi connectivity index (χ3v) is 2.81. The standard InChI is InChI=1S/C14H21N3O3/c1-10-3-4-11(9-12(10)15)14(19)17-6-5-13(18)16-7-8-20-2/h3-4,9H,5-8,15H2,1-2H3,(H,16,18)(H,17,19). The second-order valence-electron chi connectivity index (χ2n) is 4.42. The molecule has 20 heavy (non-hydrogen) atoms. The summed E-state index contributed by atoms with van der Waals surface area (Å²) in [5, 5.41) is 5.36. The molecule has 110 valence electrons. The van der Waals surface area contributed by atoms with Gasteiger partial charge in [-0.1, -0.05) is 6.07 Å². The Morgan fingerprint density at radius 1 is 1.25 bits per heavy atom. The smallest absolute Gasteiger partial charge is 0.251 e. The summed E-state index contributed by atoms with van der Waals surface area (Å²) < 4.78 is 4.82. The monoisotopic (exact) mass is 279 g/mol. The first-order valence-corrected chi connectivity index (χ1v) is 6.44. The second-order valence-corrected chi connectivity index (χ2v) is 4.42. The minimum atomic E-state index is -0.235. The molecule has 1 aromatic rings. The Morgan fingerprint density at radius 2 is 2.00 bits per heavy atom. The normalized spacial score (nSPS) is 10.1. The average Bonchev–Trinajstić information content (AvgIpc) is 2.42. The molecule has 6 heteroatoms. The first-order valence-electron chi connectivity index (χ1n) is 6.44. The van der Waals surface area contributed by atoms with Crippen LogP contribution in [-0.2, 0) is 9.53 Å². The Bertz CT molecular complexity index is 475. The fraction of sp³-hybridized carbons (Fsp3) is 0.429. The van der Waals surface area contributed by atoms with Crippen LogP contribution in [0.1, 0.15) is 22.3 Å². The van der Waals surface area contributed by atoms with Crippen LogP contribution < -0.4 is 16.4 Å². The van der Waals surface area contributed by atoms with Crippen LogP contribution in [-0.4, -0.2) is 38.6 Å². The number of aryl methyl sites for hydroxylation is 1. The lowest BCUT2D eigenvalue weighted by Crippen LogP contribution is -2.32. The molecule has 1 rings (SSSR count). The largest absolute Gasteiger partial charge is 0.398 e. The van der Waals surface area contributed by atoms with Crippen molar-refractivity contribution >= 4 is 17.5 Å². The lowest BCUT2D eigenvalue weighted by molar-refractivity contribution is -0.121. The van der Waals surface area contributed by atoms with Crippen LogP contribution in [0, 0.1) is 6.92 Å². The van der Waals surface area contributed by atoms with E-state index in [1.165, 1.54) is 0 Å². The van der Waals surface area contributed by atoms with Crippen LogP contribution >= 0.6 is 0 Å². The Morgan fingerprint density at radius 3 is 2.65 bits per heavy atom. The van der Waals surface area contributed by atoms with E-state index in [0.717, 1.165) is 5.56 Å². The fourth-order valence-electron chi connectivity index (χ4n) is 1.55. The number of carbonyl (C=O) groups excluding carboxylic acids is 2. The predicted octanol–water partition coefficient (Wildman–Crippen LogP) is 0.460. The van der Waals surface area contributed by atoms with Gasteiger partial charge in [-0.2, -0.15) is 0 Å². The van der Waals surface area contributed by atoms with Crippen molar-refractivity contribution in [3.05, 3.63) is 29.3 Å². The molecule has 0 unspecified atom stereocenters. The molecule has 0 radical (unpaired) electrons. The van der Waals surface area contributed by atoms with Crippen molar-refractivity contribution in [1.29, 1.82) is 0 Å². The summed E-state index contributed by atoms with van der Waals surface area (Å²) in [5.74, 6) is -0.354. The highest BCUT2D eigenvalue weighted by Crippen LogP contribution is 2.12. The molecule has 2 amide bonds. The van der Waals surface area contributed by atoms with Gasteiger partial charge in [0.15, 0.2) is 0 Å².